The van der Waals surface area contributed by atoms with E-state index in [4.69, 9.17) is 10.5 Å². The van der Waals surface area contributed by atoms with E-state index in [1.54, 1.807) is 20.8 Å². The van der Waals surface area contributed by atoms with E-state index in [9.17, 15) is 24.0 Å². The van der Waals surface area contributed by atoms with E-state index in [0.717, 1.165) is 26.7 Å². The molecule has 3 aromatic carbocycles. The molecule has 1 heterocycles. The fraction of sp³-hybridized carbons (Fsp3) is 0.378. The van der Waals surface area contributed by atoms with Crippen molar-refractivity contribution in [3.05, 3.63) is 99.5 Å². The molecule has 49 heavy (non-hydrogen) atoms. The van der Waals surface area contributed by atoms with Crippen molar-refractivity contribution in [3.63, 3.8) is 0 Å². The number of anilines is 1. The van der Waals surface area contributed by atoms with Crippen molar-refractivity contribution in [2.45, 2.75) is 89.6 Å². The lowest BCUT2D eigenvalue weighted by atomic mass is 9.98. The quantitative estimate of drug-likeness (QED) is 0.174. The molecule has 5 N–H and O–H groups in total. The number of nitrogens with one attached hydrogen (secondary N) is 3. The number of carbonyl (C=O) groups is 5. The van der Waals surface area contributed by atoms with Crippen molar-refractivity contribution >= 4 is 51.8 Å². The van der Waals surface area contributed by atoms with Crippen molar-refractivity contribution < 1.29 is 28.7 Å². The van der Waals surface area contributed by atoms with E-state index in [2.05, 4.69) is 31.9 Å². The van der Waals surface area contributed by atoms with Crippen LogP contribution in [0.2, 0.25) is 0 Å². The number of ether oxygens (including phenoxy) is 1. The van der Waals surface area contributed by atoms with Crippen LogP contribution >= 0.6 is 15.9 Å². The number of carbonyl (C=O) groups excluding carboxylic acids is 5. The van der Waals surface area contributed by atoms with Gasteiger partial charge in [0.15, 0.2) is 0 Å². The van der Waals surface area contributed by atoms with Crippen LogP contribution < -0.4 is 26.6 Å². The van der Waals surface area contributed by atoms with Crippen molar-refractivity contribution in [2.24, 2.45) is 5.73 Å². The van der Waals surface area contributed by atoms with Crippen LogP contribution in [-0.4, -0.2) is 54.0 Å². The molecule has 1 aliphatic rings. The predicted octanol–water partition coefficient (Wildman–Crippen LogP) is 4.84. The number of nitrogens with zero attached hydrogens (tertiary/aromatic N) is 1. The third kappa shape index (κ3) is 10.4. The van der Waals surface area contributed by atoms with E-state index in [0.29, 0.717) is 24.9 Å². The minimum atomic E-state index is -1.10. The molecule has 0 aromatic heterocycles. The number of rotatable bonds is 14. The van der Waals surface area contributed by atoms with Crippen molar-refractivity contribution in [1.29, 1.82) is 0 Å². The van der Waals surface area contributed by atoms with Crippen LogP contribution in [0.1, 0.15) is 75.3 Å². The van der Waals surface area contributed by atoms with Gasteiger partial charge < -0.3 is 31.3 Å². The van der Waals surface area contributed by atoms with Gasteiger partial charge in [-0.25, -0.2) is 4.79 Å². The molecule has 1 aliphatic heterocycles. The summed E-state index contributed by atoms with van der Waals surface area (Å²) in [6.45, 7) is 7.25. The number of nitrogens with two attached hydrogens (primary N) is 1. The number of benzene rings is 3. The largest absolute Gasteiger partial charge is 0.444 e. The summed E-state index contributed by atoms with van der Waals surface area (Å²) in [5.74, 6) is -1.64. The highest BCUT2D eigenvalue weighted by molar-refractivity contribution is 9.10. The van der Waals surface area contributed by atoms with E-state index in [1.165, 1.54) is 4.90 Å². The van der Waals surface area contributed by atoms with Gasteiger partial charge in [0, 0.05) is 23.4 Å². The minimum absolute atomic E-state index is 0.0245. The van der Waals surface area contributed by atoms with Crippen LogP contribution in [0.4, 0.5) is 10.5 Å². The smallest absolute Gasteiger partial charge is 0.407 e. The highest BCUT2D eigenvalue weighted by Crippen LogP contribution is 2.38. The molecule has 0 spiro atoms. The Kier molecular flexibility index (Phi) is 12.6. The van der Waals surface area contributed by atoms with E-state index in [-0.39, 0.29) is 25.3 Å². The average molecular weight is 735 g/mol. The van der Waals surface area contributed by atoms with Gasteiger partial charge in [-0.05, 0) is 81.3 Å². The molecule has 0 radical (unpaired) electrons. The molecule has 0 aliphatic carbocycles. The molecular formula is C37H44BrN5O6. The highest BCUT2D eigenvalue weighted by atomic mass is 79.9. The van der Waals surface area contributed by atoms with Crippen LogP contribution in [0.15, 0.2) is 77.3 Å². The fourth-order valence-corrected chi connectivity index (χ4v) is 6.42. The van der Waals surface area contributed by atoms with Crippen LogP contribution in [0.5, 0.6) is 0 Å². The van der Waals surface area contributed by atoms with E-state index >= 15 is 0 Å². The van der Waals surface area contributed by atoms with Gasteiger partial charge in [-0.2, -0.15) is 0 Å². The van der Waals surface area contributed by atoms with Gasteiger partial charge in [0.2, 0.25) is 24.1 Å². The molecule has 0 fully saturated rings. The van der Waals surface area contributed by atoms with Gasteiger partial charge in [0.1, 0.15) is 17.7 Å². The summed E-state index contributed by atoms with van der Waals surface area (Å²) in [4.78, 5) is 65.7. The number of primary amides is 1. The lowest BCUT2D eigenvalue weighted by Crippen LogP contribution is -2.53. The zero-order chi connectivity index (χ0) is 35.7. The number of hydrogen-bond donors (Lipinski definition) is 4. The first-order chi connectivity index (χ1) is 23.3. The average Bonchev–Trinajstić information content (AvgIpc) is 3.42. The predicted molar refractivity (Wildman–Crippen MR) is 191 cm³/mol. The Labute approximate surface area is 295 Å². The molecule has 4 rings (SSSR count). The monoisotopic (exact) mass is 733 g/mol. The number of fused-ring (bicyclic) bond motifs is 1. The van der Waals surface area contributed by atoms with Crippen LogP contribution in [-0.2, 0) is 36.8 Å². The third-order valence-corrected chi connectivity index (χ3v) is 8.59. The maximum Gasteiger partial charge on any atom is 0.407 e. The summed E-state index contributed by atoms with van der Waals surface area (Å²) in [6, 6.07) is 19.9. The Morgan fingerprint density at radius 2 is 1.57 bits per heavy atom. The summed E-state index contributed by atoms with van der Waals surface area (Å²) >= 11 is 3.56. The molecule has 260 valence electrons. The normalized spacial score (nSPS) is 15.1. The maximum atomic E-state index is 13.9. The Balaban J connectivity index is 1.52. The number of amides is 5. The Hall–Kier alpha value is -4.71. The summed E-state index contributed by atoms with van der Waals surface area (Å²) < 4.78 is 6.15. The Bertz CT molecular complexity index is 1610. The summed E-state index contributed by atoms with van der Waals surface area (Å²) in [5, 5.41) is 8.70. The number of alkyl carbamates (subject to hydrolysis) is 1. The summed E-state index contributed by atoms with van der Waals surface area (Å²) in [6.07, 6.45) is 1.22. The molecular weight excluding hydrogens is 690 g/mol. The molecule has 0 saturated heterocycles. The van der Waals surface area contributed by atoms with Crippen LogP contribution in [0.3, 0.4) is 0 Å². The molecule has 0 saturated carbocycles. The highest BCUT2D eigenvalue weighted by Gasteiger charge is 2.38. The first kappa shape index (κ1) is 37.1. The third-order valence-electron chi connectivity index (χ3n) is 8.13. The molecule has 3 atom stereocenters. The van der Waals surface area contributed by atoms with Crippen molar-refractivity contribution in [1.82, 2.24) is 16.0 Å². The second kappa shape index (κ2) is 16.6. The van der Waals surface area contributed by atoms with Crippen molar-refractivity contribution in [3.8, 4) is 0 Å². The number of aryl methyl sites for hydroxylation is 1. The number of hydrogen-bond acceptors (Lipinski definition) is 6. The molecule has 3 aromatic rings. The molecule has 0 bridgehead atoms. The van der Waals surface area contributed by atoms with Gasteiger partial charge in [-0.1, -0.05) is 76.6 Å². The lowest BCUT2D eigenvalue weighted by Gasteiger charge is -2.27. The summed E-state index contributed by atoms with van der Waals surface area (Å²) in [5.41, 5.74) is 8.73. The van der Waals surface area contributed by atoms with E-state index in [1.807, 2.05) is 79.7 Å². The van der Waals surface area contributed by atoms with E-state index < -0.39 is 47.5 Å². The first-order valence-electron chi connectivity index (χ1n) is 16.3. The second-order valence-corrected chi connectivity index (χ2v) is 14.1. The van der Waals surface area contributed by atoms with Gasteiger partial charge in [-0.15, -0.1) is 0 Å². The van der Waals surface area contributed by atoms with Crippen LogP contribution in [0.25, 0.3) is 0 Å². The molecule has 5 amide bonds. The zero-order valence-corrected chi connectivity index (χ0v) is 29.8. The van der Waals surface area contributed by atoms with Crippen molar-refractivity contribution in [2.75, 3.05) is 4.90 Å². The fourth-order valence-electron chi connectivity index (χ4n) is 5.87. The molecule has 11 nitrogen and oxygen atoms in total. The standard InChI is InChI=1S/C37H44BrN5O6/c1-23(40-36(48)49-37(2,3)4)15-16-26-19-28(38)20-27-21-30(43(22-44)33(26)27)35(47)41-29(17-18-31(39)45)34(46)42-32(24-11-7-5-8-12-24)25-13-9-6-10-14-25/h5-14,19-20,22-23,29-30,32H,15-18,21H2,1-4H3,(H2,39,45)(H,40,48)(H,41,47)(H,42,46)/t23?,29?,30-/m0/s1. The van der Waals surface area contributed by atoms with Gasteiger partial charge in [0.25, 0.3) is 0 Å². The van der Waals surface area contributed by atoms with Gasteiger partial charge >= 0.3 is 6.09 Å². The topological polar surface area (TPSA) is 160 Å². The molecule has 2 unspecified atom stereocenters. The maximum absolute atomic E-state index is 13.9. The van der Waals surface area contributed by atoms with Crippen LogP contribution in [0, 0.1) is 0 Å². The molecule has 12 heteroatoms. The number of halogens is 1. The van der Waals surface area contributed by atoms with Gasteiger partial charge in [0.05, 0.1) is 11.7 Å². The minimum Gasteiger partial charge on any atom is -0.444 e. The Morgan fingerprint density at radius 1 is 0.959 bits per heavy atom. The summed E-state index contributed by atoms with van der Waals surface area (Å²) in [7, 11) is 0. The lowest BCUT2D eigenvalue weighted by molar-refractivity contribution is -0.130. The Morgan fingerprint density at radius 3 is 2.12 bits per heavy atom. The SMILES string of the molecule is CC(CCc1cc(Br)cc2c1N(C=O)[C@H](C(=O)NC(CCC(N)=O)C(=O)NC(c1ccccc1)c1ccccc1)C2)NC(=O)OC(C)(C)C. The van der Waals surface area contributed by atoms with Gasteiger partial charge in [-0.3, -0.25) is 19.2 Å². The second-order valence-electron chi connectivity index (χ2n) is 13.2. The zero-order valence-electron chi connectivity index (χ0n) is 28.2. The first-order valence-corrected chi connectivity index (χ1v) is 17.1.